The smallest absolute Gasteiger partial charge is 0.221 e. The van der Waals surface area contributed by atoms with E-state index < -0.39 is 11.6 Å². The number of rotatable bonds is 8. The van der Waals surface area contributed by atoms with Crippen LogP contribution in [0, 0.1) is 0 Å². The largest absolute Gasteiger partial charge is 0.482 e. The second-order valence-electron chi connectivity index (χ2n) is 8.84. The SMILES string of the molecule is CCCCCCCC(=O)NC12C(=O)c3ccccc3C1Oc1cc(C(C)C)ccc12. The minimum absolute atomic E-state index is 0.0709. The molecule has 0 fully saturated rings. The third-order valence-corrected chi connectivity index (χ3v) is 6.43. The fraction of sp³-hybridized carbons (Fsp3) is 0.462. The number of hydrogen-bond acceptors (Lipinski definition) is 3. The lowest BCUT2D eigenvalue weighted by atomic mass is 9.84. The molecule has 2 aromatic carbocycles. The van der Waals surface area contributed by atoms with Gasteiger partial charge in [0.1, 0.15) is 5.75 Å². The van der Waals surface area contributed by atoms with Crippen LogP contribution in [-0.2, 0) is 10.3 Å². The molecular formula is C26H31NO3. The Morgan fingerprint density at radius 1 is 1.10 bits per heavy atom. The average Bonchev–Trinajstić information content (AvgIpc) is 3.18. The highest BCUT2D eigenvalue weighted by Crippen LogP contribution is 2.56. The number of fused-ring (bicyclic) bond motifs is 5. The van der Waals surface area contributed by atoms with E-state index in [2.05, 4.69) is 26.1 Å². The van der Waals surface area contributed by atoms with E-state index in [0.29, 0.717) is 23.7 Å². The molecule has 2 atom stereocenters. The van der Waals surface area contributed by atoms with Crippen molar-refractivity contribution in [1.82, 2.24) is 5.32 Å². The van der Waals surface area contributed by atoms with Crippen molar-refractivity contribution in [2.45, 2.75) is 76.9 Å². The van der Waals surface area contributed by atoms with Crippen molar-refractivity contribution in [3.63, 3.8) is 0 Å². The molecule has 0 spiro atoms. The van der Waals surface area contributed by atoms with Crippen LogP contribution in [0.3, 0.4) is 0 Å². The van der Waals surface area contributed by atoms with Crippen LogP contribution in [0.25, 0.3) is 0 Å². The number of benzene rings is 2. The van der Waals surface area contributed by atoms with Crippen molar-refractivity contribution in [1.29, 1.82) is 0 Å². The molecule has 1 aliphatic carbocycles. The molecule has 0 saturated carbocycles. The standard InChI is InChI=1S/C26H31NO3/c1-4-5-6-7-8-13-23(28)27-26-21-15-14-18(17(2)3)16-22(21)30-25(26)20-12-10-9-11-19(20)24(26)29/h9-12,14-17,25H,4-8,13H2,1-3H3,(H,27,28). The van der Waals surface area contributed by atoms with E-state index in [-0.39, 0.29) is 11.7 Å². The zero-order valence-electron chi connectivity index (χ0n) is 18.2. The first-order valence-electron chi connectivity index (χ1n) is 11.2. The van der Waals surface area contributed by atoms with Gasteiger partial charge in [-0.15, -0.1) is 0 Å². The highest BCUT2D eigenvalue weighted by Gasteiger charge is 2.61. The van der Waals surface area contributed by atoms with Gasteiger partial charge in [0.25, 0.3) is 0 Å². The number of unbranched alkanes of at least 4 members (excludes halogenated alkanes) is 4. The van der Waals surface area contributed by atoms with Gasteiger partial charge < -0.3 is 10.1 Å². The monoisotopic (exact) mass is 405 g/mol. The summed E-state index contributed by atoms with van der Waals surface area (Å²) in [5.74, 6) is 0.911. The van der Waals surface area contributed by atoms with Crippen molar-refractivity contribution < 1.29 is 14.3 Å². The molecule has 0 radical (unpaired) electrons. The van der Waals surface area contributed by atoms with Crippen LogP contribution < -0.4 is 10.1 Å². The van der Waals surface area contributed by atoms with E-state index in [1.54, 1.807) is 0 Å². The van der Waals surface area contributed by atoms with E-state index in [4.69, 9.17) is 4.74 Å². The van der Waals surface area contributed by atoms with Gasteiger partial charge in [0.2, 0.25) is 5.91 Å². The number of carbonyl (C=O) groups is 2. The Bertz CT molecular complexity index is 965. The van der Waals surface area contributed by atoms with Crippen LogP contribution in [0.15, 0.2) is 42.5 Å². The predicted molar refractivity (Wildman–Crippen MR) is 118 cm³/mol. The molecule has 2 unspecified atom stereocenters. The number of nitrogens with one attached hydrogen (secondary N) is 1. The van der Waals surface area contributed by atoms with E-state index >= 15 is 0 Å². The Morgan fingerprint density at radius 2 is 1.87 bits per heavy atom. The number of amides is 1. The summed E-state index contributed by atoms with van der Waals surface area (Å²) in [6.07, 6.45) is 5.32. The van der Waals surface area contributed by atoms with Gasteiger partial charge in [0, 0.05) is 23.1 Å². The maximum Gasteiger partial charge on any atom is 0.221 e. The highest BCUT2D eigenvalue weighted by molar-refractivity contribution is 6.11. The summed E-state index contributed by atoms with van der Waals surface area (Å²) in [4.78, 5) is 26.6. The molecule has 1 amide bonds. The molecule has 2 aliphatic rings. The number of hydrogen-bond donors (Lipinski definition) is 1. The normalized spacial score (nSPS) is 21.2. The predicted octanol–water partition coefficient (Wildman–Crippen LogP) is 5.81. The maximum absolute atomic E-state index is 13.6. The third kappa shape index (κ3) is 3.32. The van der Waals surface area contributed by atoms with Gasteiger partial charge in [-0.1, -0.05) is 82.9 Å². The molecular weight excluding hydrogens is 374 g/mol. The molecule has 158 valence electrons. The van der Waals surface area contributed by atoms with Gasteiger partial charge in [-0.05, 0) is 24.0 Å². The summed E-state index contributed by atoms with van der Waals surface area (Å²) in [5, 5.41) is 3.13. The minimum atomic E-state index is -1.16. The van der Waals surface area contributed by atoms with Crippen molar-refractivity contribution >= 4 is 11.7 Å². The molecule has 1 N–H and O–H groups in total. The van der Waals surface area contributed by atoms with Gasteiger partial charge in [-0.25, -0.2) is 0 Å². The fourth-order valence-electron chi connectivity index (χ4n) is 4.72. The molecule has 30 heavy (non-hydrogen) atoms. The van der Waals surface area contributed by atoms with Gasteiger partial charge in [-0.3, -0.25) is 9.59 Å². The summed E-state index contributed by atoms with van der Waals surface area (Å²) in [7, 11) is 0. The third-order valence-electron chi connectivity index (χ3n) is 6.43. The molecule has 4 nitrogen and oxygen atoms in total. The van der Waals surface area contributed by atoms with Crippen LogP contribution in [-0.4, -0.2) is 11.7 Å². The van der Waals surface area contributed by atoms with Gasteiger partial charge >= 0.3 is 0 Å². The zero-order chi connectivity index (χ0) is 21.3. The van der Waals surface area contributed by atoms with Crippen molar-refractivity contribution in [2.24, 2.45) is 0 Å². The summed E-state index contributed by atoms with van der Waals surface area (Å²) in [5.41, 5.74) is 2.27. The number of carbonyl (C=O) groups excluding carboxylic acids is 2. The van der Waals surface area contributed by atoms with Gasteiger partial charge in [0.15, 0.2) is 17.4 Å². The van der Waals surface area contributed by atoms with E-state index in [1.165, 1.54) is 12.8 Å². The lowest BCUT2D eigenvalue weighted by Crippen LogP contribution is -2.51. The minimum Gasteiger partial charge on any atom is -0.482 e. The number of ether oxygens (including phenoxy) is 1. The summed E-state index contributed by atoms with van der Waals surface area (Å²) in [6.45, 7) is 6.44. The molecule has 2 aromatic rings. The van der Waals surface area contributed by atoms with Crippen LogP contribution in [0.4, 0.5) is 0 Å². The summed E-state index contributed by atoms with van der Waals surface area (Å²) < 4.78 is 6.34. The van der Waals surface area contributed by atoms with Crippen LogP contribution in [0.5, 0.6) is 5.75 Å². The van der Waals surface area contributed by atoms with Crippen LogP contribution in [0.2, 0.25) is 0 Å². The topological polar surface area (TPSA) is 55.4 Å². The van der Waals surface area contributed by atoms with Crippen LogP contribution >= 0.6 is 0 Å². The quantitative estimate of drug-likeness (QED) is 0.564. The molecule has 0 bridgehead atoms. The molecule has 4 heteroatoms. The zero-order valence-corrected chi connectivity index (χ0v) is 18.2. The Kier molecular flexibility index (Phi) is 5.68. The lowest BCUT2D eigenvalue weighted by Gasteiger charge is -2.28. The maximum atomic E-state index is 13.6. The lowest BCUT2D eigenvalue weighted by molar-refractivity contribution is -0.123. The first-order valence-corrected chi connectivity index (χ1v) is 11.2. The van der Waals surface area contributed by atoms with Crippen molar-refractivity contribution in [3.05, 3.63) is 64.7 Å². The van der Waals surface area contributed by atoms with Crippen LogP contribution in [0.1, 0.15) is 98.4 Å². The summed E-state index contributed by atoms with van der Waals surface area (Å²) >= 11 is 0. The number of Topliss-reactive ketones (excluding diaryl/α,β-unsaturated/α-hetero) is 1. The van der Waals surface area contributed by atoms with E-state index in [1.807, 2.05) is 42.5 Å². The molecule has 1 aliphatic heterocycles. The Labute approximate surface area is 179 Å². The van der Waals surface area contributed by atoms with E-state index in [0.717, 1.165) is 36.0 Å². The fourth-order valence-corrected chi connectivity index (χ4v) is 4.72. The van der Waals surface area contributed by atoms with Gasteiger partial charge in [-0.2, -0.15) is 0 Å². The molecule has 0 saturated heterocycles. The van der Waals surface area contributed by atoms with Gasteiger partial charge in [0.05, 0.1) is 0 Å². The average molecular weight is 406 g/mol. The second-order valence-corrected chi connectivity index (χ2v) is 8.84. The first kappa shape index (κ1) is 20.6. The summed E-state index contributed by atoms with van der Waals surface area (Å²) in [6, 6.07) is 13.6. The highest BCUT2D eigenvalue weighted by atomic mass is 16.5. The second kappa shape index (κ2) is 8.25. The Hall–Kier alpha value is -2.62. The van der Waals surface area contributed by atoms with Crippen molar-refractivity contribution in [3.8, 4) is 5.75 Å². The molecule has 4 rings (SSSR count). The van der Waals surface area contributed by atoms with Crippen molar-refractivity contribution in [2.75, 3.05) is 0 Å². The first-order chi connectivity index (χ1) is 14.5. The molecule has 1 heterocycles. The Morgan fingerprint density at radius 3 is 2.63 bits per heavy atom. The molecule has 0 aromatic heterocycles. The Balaban J connectivity index is 1.65. The number of ketones is 1. The van der Waals surface area contributed by atoms with E-state index in [9.17, 15) is 9.59 Å².